The zero-order valence-electron chi connectivity index (χ0n) is 13.0. The molecule has 0 atom stereocenters. The van der Waals surface area contributed by atoms with Crippen LogP contribution in [-0.4, -0.2) is 31.1 Å². The molecule has 4 nitrogen and oxygen atoms in total. The van der Waals surface area contributed by atoms with Crippen molar-refractivity contribution in [3.05, 3.63) is 28.2 Å². The normalized spacial score (nSPS) is 16.6. The zero-order valence-corrected chi connectivity index (χ0v) is 14.6. The van der Waals surface area contributed by atoms with Crippen LogP contribution in [0, 0.1) is 0 Å². The minimum absolute atomic E-state index is 0.113. The van der Waals surface area contributed by atoms with Crippen molar-refractivity contribution in [3.8, 4) is 0 Å². The Labute approximate surface area is 135 Å². The number of hydrogen-bond donors (Lipinski definition) is 2. The second-order valence-electron chi connectivity index (χ2n) is 6.48. The smallest absolute Gasteiger partial charge is 0.221 e. The average Bonchev–Trinajstić information content (AvgIpc) is 2.61. The third-order valence-electron chi connectivity index (χ3n) is 3.49. The van der Waals surface area contributed by atoms with E-state index in [9.17, 15) is 4.79 Å². The molecule has 2 rings (SSSR count). The van der Waals surface area contributed by atoms with Gasteiger partial charge in [0.05, 0.1) is 5.69 Å². The average molecular weight is 354 g/mol. The highest BCUT2D eigenvalue weighted by Gasteiger charge is 2.16. The fraction of sp³-hybridized carbons (Fsp3) is 0.562. The first-order chi connectivity index (χ1) is 9.85. The van der Waals surface area contributed by atoms with Gasteiger partial charge in [-0.05, 0) is 54.4 Å². The molecule has 1 fully saturated rings. The molecule has 0 unspecified atom stereocenters. The van der Waals surface area contributed by atoms with Crippen LogP contribution in [0.5, 0.6) is 0 Å². The fourth-order valence-electron chi connectivity index (χ4n) is 2.29. The van der Waals surface area contributed by atoms with Gasteiger partial charge in [-0.3, -0.25) is 4.79 Å². The summed E-state index contributed by atoms with van der Waals surface area (Å²) in [6.07, 6.45) is 0.555. The van der Waals surface area contributed by atoms with E-state index in [1.807, 2.05) is 0 Å². The van der Waals surface area contributed by atoms with Crippen molar-refractivity contribution in [1.82, 2.24) is 10.6 Å². The van der Waals surface area contributed by atoms with Gasteiger partial charge in [-0.15, -0.1) is 0 Å². The van der Waals surface area contributed by atoms with E-state index in [0.29, 0.717) is 13.0 Å². The Morgan fingerprint density at radius 2 is 2.10 bits per heavy atom. The van der Waals surface area contributed by atoms with Gasteiger partial charge in [-0.2, -0.15) is 0 Å². The van der Waals surface area contributed by atoms with Gasteiger partial charge in [0, 0.05) is 42.6 Å². The first kappa shape index (κ1) is 16.3. The van der Waals surface area contributed by atoms with E-state index in [4.69, 9.17) is 0 Å². The highest BCUT2D eigenvalue weighted by atomic mass is 79.9. The topological polar surface area (TPSA) is 44.4 Å². The van der Waals surface area contributed by atoms with Crippen molar-refractivity contribution in [2.75, 3.05) is 24.5 Å². The number of nitrogens with zero attached hydrogens (tertiary/aromatic N) is 1. The van der Waals surface area contributed by atoms with Gasteiger partial charge in [0.25, 0.3) is 0 Å². The summed E-state index contributed by atoms with van der Waals surface area (Å²) in [5.74, 6) is 0.139. The maximum absolute atomic E-state index is 11.4. The first-order valence-electron chi connectivity index (χ1n) is 7.40. The molecule has 0 spiro atoms. The molecular weight excluding hydrogens is 330 g/mol. The third kappa shape index (κ3) is 5.00. The standard InChI is InChI=1S/C16H24BrN3O/c1-16(2,3)19-11-12-4-5-14(13(17)10-12)20-8-6-15(21)18-7-9-20/h4-5,10,19H,6-9,11H2,1-3H3,(H,18,21). The molecular formula is C16H24BrN3O. The number of halogens is 1. The molecule has 1 heterocycles. The Balaban J connectivity index is 2.06. The second kappa shape index (κ2) is 6.79. The van der Waals surface area contributed by atoms with E-state index < -0.39 is 0 Å². The van der Waals surface area contributed by atoms with Crippen molar-refractivity contribution >= 4 is 27.5 Å². The summed E-state index contributed by atoms with van der Waals surface area (Å²) < 4.78 is 1.09. The number of rotatable bonds is 3. The van der Waals surface area contributed by atoms with E-state index in [0.717, 1.165) is 29.8 Å². The lowest BCUT2D eigenvalue weighted by atomic mass is 10.1. The minimum atomic E-state index is 0.113. The Morgan fingerprint density at radius 1 is 1.33 bits per heavy atom. The maximum atomic E-state index is 11.4. The van der Waals surface area contributed by atoms with Crippen molar-refractivity contribution in [3.63, 3.8) is 0 Å². The third-order valence-corrected chi connectivity index (χ3v) is 4.12. The van der Waals surface area contributed by atoms with E-state index in [-0.39, 0.29) is 11.4 Å². The lowest BCUT2D eigenvalue weighted by Crippen LogP contribution is -2.35. The predicted octanol–water partition coefficient (Wildman–Crippen LogP) is 2.66. The van der Waals surface area contributed by atoms with Crippen molar-refractivity contribution in [1.29, 1.82) is 0 Å². The van der Waals surface area contributed by atoms with Crippen LogP contribution in [0.2, 0.25) is 0 Å². The number of carbonyl (C=O) groups excluding carboxylic acids is 1. The van der Waals surface area contributed by atoms with Crippen LogP contribution in [-0.2, 0) is 11.3 Å². The SMILES string of the molecule is CC(C)(C)NCc1ccc(N2CCNC(=O)CC2)c(Br)c1. The Bertz CT molecular complexity index is 511. The highest BCUT2D eigenvalue weighted by Crippen LogP contribution is 2.28. The first-order valence-corrected chi connectivity index (χ1v) is 8.19. The van der Waals surface area contributed by atoms with Gasteiger partial charge in [0.1, 0.15) is 0 Å². The quantitative estimate of drug-likeness (QED) is 0.877. The predicted molar refractivity (Wildman–Crippen MR) is 90.6 cm³/mol. The highest BCUT2D eigenvalue weighted by molar-refractivity contribution is 9.10. The number of carbonyl (C=O) groups is 1. The molecule has 116 valence electrons. The fourth-order valence-corrected chi connectivity index (χ4v) is 2.97. The summed E-state index contributed by atoms with van der Waals surface area (Å²) in [6, 6.07) is 6.45. The Hall–Kier alpha value is -1.07. The number of amides is 1. The lowest BCUT2D eigenvalue weighted by Gasteiger charge is -2.24. The van der Waals surface area contributed by atoms with Gasteiger partial charge in [-0.1, -0.05) is 6.07 Å². The molecule has 0 radical (unpaired) electrons. The number of anilines is 1. The molecule has 0 aromatic heterocycles. The van der Waals surface area contributed by atoms with Crippen LogP contribution in [0.1, 0.15) is 32.8 Å². The molecule has 1 aliphatic heterocycles. The summed E-state index contributed by atoms with van der Waals surface area (Å²) in [5, 5.41) is 6.40. The van der Waals surface area contributed by atoms with Crippen LogP contribution in [0.4, 0.5) is 5.69 Å². The van der Waals surface area contributed by atoms with Gasteiger partial charge in [0.15, 0.2) is 0 Å². The van der Waals surface area contributed by atoms with E-state index in [1.54, 1.807) is 0 Å². The van der Waals surface area contributed by atoms with Crippen molar-refractivity contribution in [2.45, 2.75) is 39.3 Å². The van der Waals surface area contributed by atoms with E-state index >= 15 is 0 Å². The molecule has 1 aromatic rings. The summed E-state index contributed by atoms with van der Waals surface area (Å²) in [5.41, 5.74) is 2.53. The van der Waals surface area contributed by atoms with Crippen LogP contribution in [0.3, 0.4) is 0 Å². The second-order valence-corrected chi connectivity index (χ2v) is 7.33. The van der Waals surface area contributed by atoms with Crippen molar-refractivity contribution in [2.24, 2.45) is 0 Å². The van der Waals surface area contributed by atoms with Crippen LogP contribution >= 0.6 is 15.9 Å². The van der Waals surface area contributed by atoms with Crippen molar-refractivity contribution < 1.29 is 4.79 Å². The maximum Gasteiger partial charge on any atom is 0.221 e. The van der Waals surface area contributed by atoms with Gasteiger partial charge in [-0.25, -0.2) is 0 Å². The molecule has 0 bridgehead atoms. The van der Waals surface area contributed by atoms with Crippen LogP contribution < -0.4 is 15.5 Å². The lowest BCUT2D eigenvalue weighted by molar-refractivity contribution is -0.120. The minimum Gasteiger partial charge on any atom is -0.368 e. The molecule has 0 aliphatic carbocycles. The summed E-state index contributed by atoms with van der Waals surface area (Å²) in [4.78, 5) is 13.7. The number of benzene rings is 1. The van der Waals surface area contributed by atoms with E-state index in [1.165, 1.54) is 5.56 Å². The summed E-state index contributed by atoms with van der Waals surface area (Å²) >= 11 is 3.67. The molecule has 1 saturated heterocycles. The summed E-state index contributed by atoms with van der Waals surface area (Å²) in [7, 11) is 0. The van der Waals surface area contributed by atoms with Gasteiger partial charge in [0.2, 0.25) is 5.91 Å². The Morgan fingerprint density at radius 3 is 2.76 bits per heavy atom. The molecule has 2 N–H and O–H groups in total. The molecule has 1 aliphatic rings. The zero-order chi connectivity index (χ0) is 15.5. The molecule has 1 aromatic carbocycles. The largest absolute Gasteiger partial charge is 0.368 e. The monoisotopic (exact) mass is 353 g/mol. The van der Waals surface area contributed by atoms with E-state index in [2.05, 4.69) is 70.4 Å². The van der Waals surface area contributed by atoms with Crippen LogP contribution in [0.15, 0.2) is 22.7 Å². The van der Waals surface area contributed by atoms with Gasteiger partial charge < -0.3 is 15.5 Å². The Kier molecular flexibility index (Phi) is 5.27. The molecule has 5 heteroatoms. The number of hydrogen-bond acceptors (Lipinski definition) is 3. The van der Waals surface area contributed by atoms with Gasteiger partial charge >= 0.3 is 0 Å². The molecule has 21 heavy (non-hydrogen) atoms. The number of nitrogens with one attached hydrogen (secondary N) is 2. The molecule has 1 amide bonds. The van der Waals surface area contributed by atoms with Crippen LogP contribution in [0.25, 0.3) is 0 Å². The summed E-state index contributed by atoms with van der Waals surface area (Å²) in [6.45, 7) is 9.67. The molecule has 0 saturated carbocycles.